The highest BCUT2D eigenvalue weighted by atomic mass is 19.1. The Bertz CT molecular complexity index is 444. The molecule has 0 aromatic heterocycles. The molecule has 1 aliphatic carbocycles. The predicted octanol–water partition coefficient (Wildman–Crippen LogP) is 2.28. The number of hydrogen-bond donors (Lipinski definition) is 2. The minimum absolute atomic E-state index is 0.0233. The summed E-state index contributed by atoms with van der Waals surface area (Å²) in [5, 5.41) is 12.8. The lowest BCUT2D eigenvalue weighted by Crippen LogP contribution is -2.45. The van der Waals surface area contributed by atoms with Crippen LogP contribution in [0.25, 0.3) is 0 Å². The summed E-state index contributed by atoms with van der Waals surface area (Å²) < 4.78 is 14.0. The van der Waals surface area contributed by atoms with Crippen molar-refractivity contribution in [2.75, 3.05) is 18.6 Å². The largest absolute Gasteiger partial charge is 0.394 e. The van der Waals surface area contributed by atoms with Gasteiger partial charge in [-0.2, -0.15) is 0 Å². The second-order valence-electron chi connectivity index (χ2n) is 5.92. The molecule has 0 bridgehead atoms. The number of rotatable bonds is 6. The maximum atomic E-state index is 14.0. The molecule has 0 amide bonds. The minimum Gasteiger partial charge on any atom is -0.394 e. The molecule has 0 atom stereocenters. The van der Waals surface area contributed by atoms with Crippen molar-refractivity contribution in [3.63, 3.8) is 0 Å². The number of nitrogens with zero attached hydrogens (tertiary/aromatic N) is 1. The van der Waals surface area contributed by atoms with Crippen molar-refractivity contribution in [2.24, 2.45) is 0 Å². The molecule has 1 saturated carbocycles. The van der Waals surface area contributed by atoms with Crippen LogP contribution in [-0.4, -0.2) is 30.3 Å². The van der Waals surface area contributed by atoms with E-state index in [1.165, 1.54) is 18.9 Å². The van der Waals surface area contributed by atoms with Gasteiger partial charge in [0.05, 0.1) is 12.1 Å². The third-order valence-electron chi connectivity index (χ3n) is 3.90. The van der Waals surface area contributed by atoms with Gasteiger partial charge in [0.15, 0.2) is 0 Å². The van der Waals surface area contributed by atoms with Gasteiger partial charge in [-0.1, -0.05) is 6.07 Å². The van der Waals surface area contributed by atoms with Gasteiger partial charge >= 0.3 is 0 Å². The van der Waals surface area contributed by atoms with Crippen molar-refractivity contribution in [3.05, 3.63) is 29.6 Å². The highest BCUT2D eigenvalue weighted by Crippen LogP contribution is 2.29. The predicted molar refractivity (Wildman–Crippen MR) is 75.8 cm³/mol. The normalized spacial score (nSPS) is 15.6. The third kappa shape index (κ3) is 3.25. The van der Waals surface area contributed by atoms with E-state index in [1.807, 2.05) is 31.9 Å². The van der Waals surface area contributed by atoms with Crippen LogP contribution in [0.15, 0.2) is 18.2 Å². The van der Waals surface area contributed by atoms with Gasteiger partial charge in [0.25, 0.3) is 0 Å². The van der Waals surface area contributed by atoms with Gasteiger partial charge in [0.1, 0.15) is 5.82 Å². The quantitative estimate of drug-likeness (QED) is 0.829. The second-order valence-corrected chi connectivity index (χ2v) is 5.92. The zero-order valence-electron chi connectivity index (χ0n) is 11.9. The van der Waals surface area contributed by atoms with Crippen LogP contribution in [0.5, 0.6) is 0 Å². The summed E-state index contributed by atoms with van der Waals surface area (Å²) >= 11 is 0. The Hall–Kier alpha value is -1.13. The van der Waals surface area contributed by atoms with Crippen molar-refractivity contribution >= 4 is 5.69 Å². The van der Waals surface area contributed by atoms with Crippen LogP contribution < -0.4 is 10.2 Å². The molecule has 4 heteroatoms. The van der Waals surface area contributed by atoms with E-state index in [0.29, 0.717) is 18.2 Å². The lowest BCUT2D eigenvalue weighted by atomic mass is 10.0. The zero-order chi connectivity index (χ0) is 14.0. The second kappa shape index (κ2) is 5.47. The summed E-state index contributed by atoms with van der Waals surface area (Å²) in [5.74, 6) is -0.189. The molecule has 1 aromatic carbocycles. The Balaban J connectivity index is 2.24. The van der Waals surface area contributed by atoms with Crippen LogP contribution >= 0.6 is 0 Å². The maximum absolute atomic E-state index is 14.0. The standard InChI is InChI=1S/C15H23FN2O/c1-15(2,10-19)18(3)14-6-4-5-13(16)12(14)9-17-11-7-8-11/h4-6,11,17,19H,7-10H2,1-3H3. The number of anilines is 1. The van der Waals surface area contributed by atoms with Gasteiger partial charge in [0.2, 0.25) is 0 Å². The third-order valence-corrected chi connectivity index (χ3v) is 3.90. The molecular formula is C15H23FN2O. The van der Waals surface area contributed by atoms with Crippen LogP contribution in [0.1, 0.15) is 32.3 Å². The summed E-state index contributed by atoms with van der Waals surface area (Å²) in [5.41, 5.74) is 1.10. The number of benzene rings is 1. The topological polar surface area (TPSA) is 35.5 Å². The van der Waals surface area contributed by atoms with E-state index in [9.17, 15) is 9.50 Å². The average molecular weight is 266 g/mol. The van der Waals surface area contributed by atoms with Crippen molar-refractivity contribution in [1.82, 2.24) is 5.32 Å². The molecule has 1 aliphatic rings. The van der Waals surface area contributed by atoms with E-state index in [4.69, 9.17) is 0 Å². The van der Waals surface area contributed by atoms with Crippen LogP contribution in [0, 0.1) is 5.82 Å². The molecule has 19 heavy (non-hydrogen) atoms. The minimum atomic E-state index is -0.415. The molecule has 0 aliphatic heterocycles. The van der Waals surface area contributed by atoms with Crippen LogP contribution in [0.4, 0.5) is 10.1 Å². The van der Waals surface area contributed by atoms with Gasteiger partial charge < -0.3 is 15.3 Å². The molecule has 1 aromatic rings. The van der Waals surface area contributed by atoms with E-state index >= 15 is 0 Å². The fraction of sp³-hybridized carbons (Fsp3) is 0.600. The van der Waals surface area contributed by atoms with Crippen molar-refractivity contribution in [1.29, 1.82) is 0 Å². The first-order valence-corrected chi connectivity index (χ1v) is 6.81. The molecular weight excluding hydrogens is 243 g/mol. The number of nitrogens with one attached hydrogen (secondary N) is 1. The van der Waals surface area contributed by atoms with Crippen molar-refractivity contribution < 1.29 is 9.50 Å². The Kier molecular flexibility index (Phi) is 4.11. The maximum Gasteiger partial charge on any atom is 0.129 e. The zero-order valence-corrected chi connectivity index (χ0v) is 11.9. The molecule has 0 spiro atoms. The average Bonchev–Trinajstić information content (AvgIpc) is 3.20. The molecule has 2 rings (SSSR count). The van der Waals surface area contributed by atoms with Crippen molar-refractivity contribution in [2.45, 2.75) is 44.8 Å². The van der Waals surface area contributed by atoms with E-state index in [1.54, 1.807) is 6.07 Å². The molecule has 2 N–H and O–H groups in total. The Labute approximate surface area is 114 Å². The number of halogens is 1. The van der Waals surface area contributed by atoms with E-state index < -0.39 is 5.54 Å². The number of aliphatic hydroxyl groups is 1. The molecule has 1 fully saturated rings. The molecule has 106 valence electrons. The smallest absolute Gasteiger partial charge is 0.129 e. The van der Waals surface area contributed by atoms with Gasteiger partial charge in [-0.3, -0.25) is 0 Å². The van der Waals surface area contributed by atoms with E-state index in [-0.39, 0.29) is 12.4 Å². The van der Waals surface area contributed by atoms with Gasteiger partial charge in [-0.05, 0) is 38.8 Å². The van der Waals surface area contributed by atoms with Gasteiger partial charge in [-0.25, -0.2) is 4.39 Å². The molecule has 0 heterocycles. The van der Waals surface area contributed by atoms with Crippen LogP contribution in [0.2, 0.25) is 0 Å². The first-order valence-electron chi connectivity index (χ1n) is 6.81. The highest BCUT2D eigenvalue weighted by Gasteiger charge is 2.26. The van der Waals surface area contributed by atoms with E-state index in [0.717, 1.165) is 5.69 Å². The summed E-state index contributed by atoms with van der Waals surface area (Å²) in [7, 11) is 1.89. The lowest BCUT2D eigenvalue weighted by Gasteiger charge is -2.37. The van der Waals surface area contributed by atoms with Crippen LogP contribution in [0.3, 0.4) is 0 Å². The first-order chi connectivity index (χ1) is 8.95. The van der Waals surface area contributed by atoms with Crippen molar-refractivity contribution in [3.8, 4) is 0 Å². The Morgan fingerprint density at radius 1 is 1.42 bits per heavy atom. The van der Waals surface area contributed by atoms with Gasteiger partial charge in [0, 0.05) is 30.9 Å². The SMILES string of the molecule is CN(c1cccc(F)c1CNC1CC1)C(C)(C)CO. The fourth-order valence-electron chi connectivity index (χ4n) is 2.00. The lowest BCUT2D eigenvalue weighted by molar-refractivity contribution is 0.216. The summed E-state index contributed by atoms with van der Waals surface area (Å²) in [6.45, 7) is 4.44. The summed E-state index contributed by atoms with van der Waals surface area (Å²) in [4.78, 5) is 1.94. The highest BCUT2D eigenvalue weighted by molar-refractivity contribution is 5.55. The summed E-state index contributed by atoms with van der Waals surface area (Å²) in [6.07, 6.45) is 2.36. The monoisotopic (exact) mass is 266 g/mol. The molecule has 3 nitrogen and oxygen atoms in total. The number of hydrogen-bond acceptors (Lipinski definition) is 3. The fourth-order valence-corrected chi connectivity index (χ4v) is 2.00. The molecule has 0 unspecified atom stereocenters. The van der Waals surface area contributed by atoms with Gasteiger partial charge in [-0.15, -0.1) is 0 Å². The number of likely N-dealkylation sites (N-methyl/N-ethyl adjacent to an activating group) is 1. The first kappa shape index (κ1) is 14.3. The Morgan fingerprint density at radius 3 is 2.68 bits per heavy atom. The van der Waals surface area contributed by atoms with Crippen LogP contribution in [-0.2, 0) is 6.54 Å². The van der Waals surface area contributed by atoms with E-state index in [2.05, 4.69) is 5.32 Å². The summed E-state index contributed by atoms with van der Waals surface area (Å²) in [6, 6.07) is 5.66. The Morgan fingerprint density at radius 2 is 2.11 bits per heavy atom. The number of aliphatic hydroxyl groups excluding tert-OH is 1. The molecule has 0 radical (unpaired) electrons. The molecule has 0 saturated heterocycles.